The maximum Gasteiger partial charge on any atom is 0.409 e. The maximum absolute atomic E-state index is 12.3. The van der Waals surface area contributed by atoms with Crippen LogP contribution in [-0.2, 0) is 16.1 Å². The first kappa shape index (κ1) is 25.5. The molecule has 0 aliphatic heterocycles. The van der Waals surface area contributed by atoms with Crippen molar-refractivity contribution in [2.24, 2.45) is 5.92 Å². The third kappa shape index (κ3) is 6.48. The summed E-state index contributed by atoms with van der Waals surface area (Å²) in [5.41, 5.74) is 2.55. The minimum atomic E-state index is -0.764. The molecule has 1 saturated carbocycles. The smallest absolute Gasteiger partial charge is 0.409 e. The van der Waals surface area contributed by atoms with Crippen LogP contribution in [0.2, 0.25) is 0 Å². The zero-order valence-corrected chi connectivity index (χ0v) is 20.5. The molecule has 0 bridgehead atoms. The molecule has 1 fully saturated rings. The summed E-state index contributed by atoms with van der Waals surface area (Å²) in [7, 11) is 1.73. The van der Waals surface area contributed by atoms with E-state index in [0.29, 0.717) is 53.5 Å². The van der Waals surface area contributed by atoms with Gasteiger partial charge in [-0.05, 0) is 58.1 Å². The molecule has 1 amide bonds. The van der Waals surface area contributed by atoms with Crippen molar-refractivity contribution in [3.8, 4) is 17.2 Å². The molecule has 2 aromatic heterocycles. The van der Waals surface area contributed by atoms with E-state index < -0.39 is 5.97 Å². The molecule has 0 spiro atoms. The van der Waals surface area contributed by atoms with E-state index in [1.54, 1.807) is 24.9 Å². The van der Waals surface area contributed by atoms with Crippen molar-refractivity contribution in [2.75, 3.05) is 13.6 Å². The first-order valence-electron chi connectivity index (χ1n) is 12.0. The number of amides is 1. The minimum absolute atomic E-state index is 0.0409. The second kappa shape index (κ2) is 11.9. The molecular weight excluding hydrogens is 438 g/mol. The van der Waals surface area contributed by atoms with E-state index in [0.717, 1.165) is 32.1 Å². The van der Waals surface area contributed by atoms with Crippen LogP contribution in [0, 0.1) is 19.8 Å². The van der Waals surface area contributed by atoms with Gasteiger partial charge in [0.1, 0.15) is 18.1 Å². The van der Waals surface area contributed by atoms with Gasteiger partial charge in [-0.25, -0.2) is 9.78 Å². The second-order valence-electron chi connectivity index (χ2n) is 8.98. The van der Waals surface area contributed by atoms with Gasteiger partial charge in [0.2, 0.25) is 0 Å². The third-order valence-electron chi connectivity index (χ3n) is 6.27. The number of aliphatic carboxylic acids is 1. The number of carbonyl (C=O) groups excluding carboxylic acids is 1. The summed E-state index contributed by atoms with van der Waals surface area (Å²) in [6.45, 7) is 6.45. The van der Waals surface area contributed by atoms with Gasteiger partial charge in [0.25, 0.3) is 0 Å². The van der Waals surface area contributed by atoms with Crippen LogP contribution < -0.4 is 4.74 Å². The van der Waals surface area contributed by atoms with Crippen molar-refractivity contribution in [1.29, 1.82) is 0 Å². The predicted molar refractivity (Wildman–Crippen MR) is 126 cm³/mol. The van der Waals surface area contributed by atoms with E-state index in [-0.39, 0.29) is 24.7 Å². The molecule has 1 aliphatic carbocycles. The first-order valence-corrected chi connectivity index (χ1v) is 12.0. The summed E-state index contributed by atoms with van der Waals surface area (Å²) in [4.78, 5) is 29.9. The average molecular weight is 474 g/mol. The molecule has 0 aromatic carbocycles. The monoisotopic (exact) mass is 473 g/mol. The summed E-state index contributed by atoms with van der Waals surface area (Å²) in [6.07, 6.45) is 5.42. The molecule has 0 radical (unpaired) electrons. The predicted octanol–water partition coefficient (Wildman–Crippen LogP) is 5.13. The van der Waals surface area contributed by atoms with Crippen LogP contribution in [0.3, 0.4) is 0 Å². The number of carbonyl (C=O) groups is 2. The number of aryl methyl sites for hydroxylation is 2. The highest BCUT2D eigenvalue weighted by Crippen LogP contribution is 2.31. The molecular formula is C25H35N3O6. The fourth-order valence-electron chi connectivity index (χ4n) is 4.15. The van der Waals surface area contributed by atoms with E-state index in [2.05, 4.69) is 17.1 Å². The lowest BCUT2D eigenvalue weighted by molar-refractivity contribution is -0.143. The highest BCUT2D eigenvalue weighted by Gasteiger charge is 2.28. The van der Waals surface area contributed by atoms with E-state index in [1.165, 1.54) is 0 Å². The SMILES string of the molecule is CCCCCN(C)C(=O)OCc1c(C)noc1-c1ccc(O[C@H]2CCC[C@H](C(=O)O)C2)c(C)n1. The van der Waals surface area contributed by atoms with Gasteiger partial charge in [0, 0.05) is 13.6 Å². The molecule has 2 heterocycles. The van der Waals surface area contributed by atoms with Crippen molar-refractivity contribution in [2.45, 2.75) is 78.4 Å². The zero-order valence-electron chi connectivity index (χ0n) is 20.5. The van der Waals surface area contributed by atoms with E-state index in [4.69, 9.17) is 14.0 Å². The van der Waals surface area contributed by atoms with Crippen LogP contribution in [0.15, 0.2) is 16.7 Å². The lowest BCUT2D eigenvalue weighted by Crippen LogP contribution is -2.29. The molecule has 1 aliphatic rings. The summed E-state index contributed by atoms with van der Waals surface area (Å²) in [6, 6.07) is 3.60. The fourth-order valence-corrected chi connectivity index (χ4v) is 4.15. The highest BCUT2D eigenvalue weighted by atomic mass is 16.6. The third-order valence-corrected chi connectivity index (χ3v) is 6.27. The number of unbranched alkanes of at least 4 members (excludes halogenated alkanes) is 2. The van der Waals surface area contributed by atoms with Crippen LogP contribution in [0.25, 0.3) is 11.5 Å². The number of nitrogens with zero attached hydrogens (tertiary/aromatic N) is 3. The fraction of sp³-hybridized carbons (Fsp3) is 0.600. The molecule has 2 atom stereocenters. The number of rotatable bonds is 10. The van der Waals surface area contributed by atoms with Gasteiger partial charge in [-0.2, -0.15) is 0 Å². The summed E-state index contributed by atoms with van der Waals surface area (Å²) in [5, 5.41) is 13.3. The van der Waals surface area contributed by atoms with Crippen molar-refractivity contribution in [1.82, 2.24) is 15.0 Å². The van der Waals surface area contributed by atoms with Crippen molar-refractivity contribution < 1.29 is 28.7 Å². The Labute approximate surface area is 200 Å². The topological polar surface area (TPSA) is 115 Å². The Balaban J connectivity index is 1.66. The van der Waals surface area contributed by atoms with Crippen LogP contribution in [0.4, 0.5) is 4.79 Å². The number of hydrogen-bond acceptors (Lipinski definition) is 7. The van der Waals surface area contributed by atoms with E-state index in [1.807, 2.05) is 13.0 Å². The van der Waals surface area contributed by atoms with E-state index in [9.17, 15) is 14.7 Å². The van der Waals surface area contributed by atoms with Gasteiger partial charge in [0.15, 0.2) is 5.76 Å². The molecule has 0 saturated heterocycles. The summed E-state index contributed by atoms with van der Waals surface area (Å²) >= 11 is 0. The lowest BCUT2D eigenvalue weighted by Gasteiger charge is -2.27. The Kier molecular flexibility index (Phi) is 8.90. The number of carboxylic acid groups (broad SMARTS) is 1. The van der Waals surface area contributed by atoms with Gasteiger partial charge < -0.3 is 24.0 Å². The number of hydrogen-bond donors (Lipinski definition) is 1. The summed E-state index contributed by atoms with van der Waals surface area (Å²) < 4.78 is 17.1. The Bertz CT molecular complexity index is 989. The quantitative estimate of drug-likeness (QED) is 0.472. The first-order chi connectivity index (χ1) is 16.3. The molecule has 2 aromatic rings. The largest absolute Gasteiger partial charge is 0.489 e. The van der Waals surface area contributed by atoms with Crippen LogP contribution >= 0.6 is 0 Å². The molecule has 9 nitrogen and oxygen atoms in total. The van der Waals surface area contributed by atoms with Gasteiger partial charge in [-0.15, -0.1) is 0 Å². The maximum atomic E-state index is 12.3. The second-order valence-corrected chi connectivity index (χ2v) is 8.98. The number of pyridine rings is 1. The van der Waals surface area contributed by atoms with Gasteiger partial charge in [-0.1, -0.05) is 24.9 Å². The Morgan fingerprint density at radius 3 is 2.71 bits per heavy atom. The normalized spacial score (nSPS) is 17.9. The van der Waals surface area contributed by atoms with Crippen molar-refractivity contribution in [3.05, 3.63) is 29.1 Å². The number of ether oxygens (including phenoxy) is 2. The highest BCUT2D eigenvalue weighted by molar-refractivity contribution is 5.70. The zero-order chi connectivity index (χ0) is 24.7. The summed E-state index contributed by atoms with van der Waals surface area (Å²) in [5.74, 6) is -0.0473. The lowest BCUT2D eigenvalue weighted by atomic mass is 9.87. The van der Waals surface area contributed by atoms with Crippen LogP contribution in [0.1, 0.15) is 68.8 Å². The van der Waals surface area contributed by atoms with Gasteiger partial charge in [-0.3, -0.25) is 4.79 Å². The van der Waals surface area contributed by atoms with E-state index >= 15 is 0 Å². The van der Waals surface area contributed by atoms with Crippen LogP contribution in [-0.4, -0.2) is 51.9 Å². The Hall–Kier alpha value is -3.10. The van der Waals surface area contributed by atoms with Crippen molar-refractivity contribution >= 4 is 12.1 Å². The molecule has 1 N–H and O–H groups in total. The minimum Gasteiger partial charge on any atom is -0.489 e. The van der Waals surface area contributed by atoms with Crippen molar-refractivity contribution in [3.63, 3.8) is 0 Å². The molecule has 0 unspecified atom stereocenters. The molecule has 9 heteroatoms. The molecule has 34 heavy (non-hydrogen) atoms. The van der Waals surface area contributed by atoms with Crippen LogP contribution in [0.5, 0.6) is 5.75 Å². The van der Waals surface area contributed by atoms with Gasteiger partial charge in [0.05, 0.1) is 29.0 Å². The van der Waals surface area contributed by atoms with Gasteiger partial charge >= 0.3 is 12.1 Å². The number of aromatic nitrogens is 2. The number of carboxylic acids is 1. The Morgan fingerprint density at radius 2 is 2.00 bits per heavy atom. The molecule has 186 valence electrons. The standard InChI is InChI=1S/C25H35N3O6/c1-5-6-7-13-28(4)25(31)32-15-20-16(2)27-34-23(20)21-11-12-22(17(3)26-21)33-19-10-8-9-18(14-19)24(29)30/h11-12,18-19H,5-10,13-15H2,1-4H3,(H,29,30)/t18-,19-/m0/s1. The average Bonchev–Trinajstić information content (AvgIpc) is 3.19. The molecule has 3 rings (SSSR count). The Morgan fingerprint density at radius 1 is 1.21 bits per heavy atom.